The fraction of sp³-hybridized carbons (Fsp3) is 0.538. The maximum absolute atomic E-state index is 6.33. The van der Waals surface area contributed by atoms with Gasteiger partial charge < -0.3 is 23.7 Å². The molecule has 0 N–H and O–H groups in total. The van der Waals surface area contributed by atoms with Gasteiger partial charge in [-0.3, -0.25) is 0 Å². The maximum atomic E-state index is 6.33. The molecule has 0 bridgehead atoms. The molecular weight excluding hydrogens is 392 g/mol. The zero-order valence-electron chi connectivity index (χ0n) is 20.3. The van der Waals surface area contributed by atoms with Crippen LogP contribution >= 0.6 is 0 Å². The summed E-state index contributed by atoms with van der Waals surface area (Å²) in [6.45, 7) is 17.6. The molecule has 5 heteroatoms. The standard InChI is InChI=1S/C22H26O5.2C2H6/c1-5-23-16-9-7-15(8-10-16)21-14(3)22(4,26-6-2)27-18-12-20-19(11-17(18)21)24-13-25-20;2*1-2/h7-12,14,21H,5-6,13H2,1-4H3;2*1-2H3. The van der Waals surface area contributed by atoms with Crippen LogP contribution in [0.25, 0.3) is 0 Å². The molecule has 3 unspecified atom stereocenters. The monoisotopic (exact) mass is 430 g/mol. The molecule has 0 aliphatic carbocycles. The van der Waals surface area contributed by atoms with Crippen molar-refractivity contribution in [3.63, 3.8) is 0 Å². The number of benzene rings is 2. The lowest BCUT2D eigenvalue weighted by molar-refractivity contribution is -0.209. The fourth-order valence-electron chi connectivity index (χ4n) is 4.01. The molecule has 0 saturated heterocycles. The SMILES string of the molecule is CC.CC.CCOc1ccc(C2c3cc4c(cc3OC(C)(OCC)C2C)OCO4)cc1. The van der Waals surface area contributed by atoms with Gasteiger partial charge >= 0.3 is 0 Å². The second-order valence-electron chi connectivity index (χ2n) is 7.06. The lowest BCUT2D eigenvalue weighted by Crippen LogP contribution is -2.48. The normalized spacial score (nSPS) is 22.7. The van der Waals surface area contributed by atoms with Crippen LogP contribution in [0.4, 0.5) is 0 Å². The van der Waals surface area contributed by atoms with Crippen LogP contribution in [0.5, 0.6) is 23.0 Å². The predicted octanol–water partition coefficient (Wildman–Crippen LogP) is 6.78. The summed E-state index contributed by atoms with van der Waals surface area (Å²) in [4.78, 5) is 0. The van der Waals surface area contributed by atoms with Gasteiger partial charge in [0, 0.05) is 37.0 Å². The van der Waals surface area contributed by atoms with Crippen molar-refractivity contribution in [3.8, 4) is 23.0 Å². The van der Waals surface area contributed by atoms with Crippen LogP contribution < -0.4 is 18.9 Å². The van der Waals surface area contributed by atoms with E-state index in [0.29, 0.717) is 19.0 Å². The summed E-state index contributed by atoms with van der Waals surface area (Å²) in [6, 6.07) is 12.2. The molecule has 0 spiro atoms. The summed E-state index contributed by atoms with van der Waals surface area (Å²) in [5.41, 5.74) is 2.29. The van der Waals surface area contributed by atoms with Gasteiger partial charge in [-0.15, -0.1) is 0 Å². The summed E-state index contributed by atoms with van der Waals surface area (Å²) in [6.07, 6.45) is 0. The molecule has 0 amide bonds. The highest BCUT2D eigenvalue weighted by atomic mass is 16.7. The van der Waals surface area contributed by atoms with Gasteiger partial charge in [-0.05, 0) is 37.6 Å². The van der Waals surface area contributed by atoms with Crippen LogP contribution in [0.1, 0.15) is 72.4 Å². The average molecular weight is 431 g/mol. The molecule has 172 valence electrons. The van der Waals surface area contributed by atoms with Crippen molar-refractivity contribution in [1.29, 1.82) is 0 Å². The maximum Gasteiger partial charge on any atom is 0.231 e. The molecule has 2 aliphatic heterocycles. The van der Waals surface area contributed by atoms with Gasteiger partial charge in [0.25, 0.3) is 0 Å². The smallest absolute Gasteiger partial charge is 0.231 e. The minimum absolute atomic E-state index is 0.100. The van der Waals surface area contributed by atoms with Gasteiger partial charge in [0.15, 0.2) is 11.5 Å². The Hall–Kier alpha value is -2.40. The molecule has 2 aliphatic rings. The average Bonchev–Trinajstić information content (AvgIpc) is 3.25. The molecule has 2 aromatic rings. The van der Waals surface area contributed by atoms with E-state index in [1.54, 1.807) is 0 Å². The Bertz CT molecular complexity index is 817. The molecule has 4 rings (SSSR count). The Morgan fingerprint density at radius 3 is 2.10 bits per heavy atom. The highest BCUT2D eigenvalue weighted by molar-refractivity contribution is 5.56. The highest BCUT2D eigenvalue weighted by Gasteiger charge is 2.46. The van der Waals surface area contributed by atoms with Gasteiger partial charge in [0.2, 0.25) is 12.6 Å². The first-order chi connectivity index (χ1) is 15.1. The van der Waals surface area contributed by atoms with Gasteiger partial charge in [0.1, 0.15) is 11.5 Å². The van der Waals surface area contributed by atoms with Crippen molar-refractivity contribution in [1.82, 2.24) is 0 Å². The van der Waals surface area contributed by atoms with Crippen LogP contribution in [0, 0.1) is 5.92 Å². The summed E-state index contributed by atoms with van der Waals surface area (Å²) in [5.74, 6) is 2.62. The van der Waals surface area contributed by atoms with E-state index >= 15 is 0 Å². The van der Waals surface area contributed by atoms with Crippen LogP contribution in [-0.2, 0) is 4.74 Å². The summed E-state index contributed by atoms with van der Waals surface area (Å²) >= 11 is 0. The van der Waals surface area contributed by atoms with Crippen molar-refractivity contribution in [3.05, 3.63) is 47.5 Å². The Morgan fingerprint density at radius 2 is 1.52 bits per heavy atom. The van der Waals surface area contributed by atoms with Crippen molar-refractivity contribution in [2.45, 2.75) is 67.1 Å². The minimum atomic E-state index is -0.724. The van der Waals surface area contributed by atoms with E-state index in [0.717, 1.165) is 22.8 Å². The second-order valence-corrected chi connectivity index (χ2v) is 7.06. The molecular formula is C26H38O5. The molecule has 3 atom stereocenters. The van der Waals surface area contributed by atoms with Crippen molar-refractivity contribution < 1.29 is 23.7 Å². The quantitative estimate of drug-likeness (QED) is 0.523. The van der Waals surface area contributed by atoms with E-state index < -0.39 is 5.79 Å². The number of rotatable bonds is 5. The summed E-state index contributed by atoms with van der Waals surface area (Å²) in [5, 5.41) is 0. The van der Waals surface area contributed by atoms with Gasteiger partial charge in [-0.2, -0.15) is 0 Å². The number of hydrogen-bond acceptors (Lipinski definition) is 5. The third-order valence-electron chi connectivity index (χ3n) is 5.46. The molecule has 5 nitrogen and oxygen atoms in total. The number of ether oxygens (including phenoxy) is 5. The Balaban J connectivity index is 0.000000807. The minimum Gasteiger partial charge on any atom is -0.494 e. The molecule has 0 fully saturated rings. The lowest BCUT2D eigenvalue weighted by Gasteiger charge is -2.45. The molecule has 2 heterocycles. The first-order valence-electron chi connectivity index (χ1n) is 11.5. The van der Waals surface area contributed by atoms with E-state index in [-0.39, 0.29) is 18.6 Å². The molecule has 0 aromatic heterocycles. The van der Waals surface area contributed by atoms with E-state index in [1.165, 1.54) is 5.56 Å². The topological polar surface area (TPSA) is 46.2 Å². The third-order valence-corrected chi connectivity index (χ3v) is 5.46. The Morgan fingerprint density at radius 1 is 0.903 bits per heavy atom. The zero-order chi connectivity index (χ0) is 23.0. The highest BCUT2D eigenvalue weighted by Crippen LogP contribution is 2.52. The first-order valence-corrected chi connectivity index (χ1v) is 11.5. The van der Waals surface area contributed by atoms with Crippen LogP contribution in [0.3, 0.4) is 0 Å². The number of hydrogen-bond donors (Lipinski definition) is 0. The van der Waals surface area contributed by atoms with Crippen LogP contribution in [0.15, 0.2) is 36.4 Å². The molecule has 2 aromatic carbocycles. The number of fused-ring (bicyclic) bond motifs is 2. The summed E-state index contributed by atoms with van der Waals surface area (Å²) in [7, 11) is 0. The largest absolute Gasteiger partial charge is 0.494 e. The van der Waals surface area contributed by atoms with Crippen molar-refractivity contribution in [2.24, 2.45) is 5.92 Å². The third kappa shape index (κ3) is 5.09. The van der Waals surface area contributed by atoms with E-state index in [2.05, 4.69) is 19.1 Å². The molecule has 31 heavy (non-hydrogen) atoms. The molecule has 0 saturated carbocycles. The van der Waals surface area contributed by atoms with E-state index in [1.807, 2.05) is 72.7 Å². The summed E-state index contributed by atoms with van der Waals surface area (Å²) < 4.78 is 29.1. The fourth-order valence-corrected chi connectivity index (χ4v) is 4.01. The molecule has 0 radical (unpaired) electrons. The van der Waals surface area contributed by atoms with E-state index in [4.69, 9.17) is 23.7 Å². The van der Waals surface area contributed by atoms with Gasteiger partial charge in [0.05, 0.1) is 6.61 Å². The lowest BCUT2D eigenvalue weighted by atomic mass is 9.75. The van der Waals surface area contributed by atoms with Crippen molar-refractivity contribution in [2.75, 3.05) is 20.0 Å². The van der Waals surface area contributed by atoms with Gasteiger partial charge in [-0.1, -0.05) is 46.8 Å². The van der Waals surface area contributed by atoms with Crippen molar-refractivity contribution >= 4 is 0 Å². The zero-order valence-corrected chi connectivity index (χ0v) is 20.3. The Kier molecular flexibility index (Phi) is 9.05. The van der Waals surface area contributed by atoms with Crippen LogP contribution in [0.2, 0.25) is 0 Å². The van der Waals surface area contributed by atoms with E-state index in [9.17, 15) is 0 Å². The first kappa shape index (κ1) is 24.9. The van der Waals surface area contributed by atoms with Crippen LogP contribution in [-0.4, -0.2) is 25.8 Å². The second kappa shape index (κ2) is 11.3. The predicted molar refractivity (Wildman–Crippen MR) is 125 cm³/mol. The Labute approximate surface area is 187 Å². The van der Waals surface area contributed by atoms with Gasteiger partial charge in [-0.25, -0.2) is 0 Å².